The lowest BCUT2D eigenvalue weighted by Gasteiger charge is -2.14. The van der Waals surface area contributed by atoms with Crippen molar-refractivity contribution in [2.75, 3.05) is 25.4 Å². The number of aryl methyl sites for hydroxylation is 1. The molecule has 0 spiro atoms. The number of hydrogen-bond donors (Lipinski definition) is 1. The van der Waals surface area contributed by atoms with Crippen LogP contribution in [0.3, 0.4) is 0 Å². The number of carbonyl (C=O) groups excluding carboxylic acids is 1. The highest BCUT2D eigenvalue weighted by Gasteiger charge is 2.18. The lowest BCUT2D eigenvalue weighted by atomic mass is 10.1. The second-order valence-corrected chi connectivity index (χ2v) is 5.00. The molecular weight excluding hydrogens is 236 g/mol. The number of ketones is 1. The molecule has 1 aromatic carbocycles. The van der Waals surface area contributed by atoms with E-state index < -0.39 is 0 Å². The van der Waals surface area contributed by atoms with Crippen molar-refractivity contribution >= 4 is 23.1 Å². The number of carbonyl (C=O) groups is 1. The molecule has 4 heteroatoms. The highest BCUT2D eigenvalue weighted by atomic mass is 35.5. The smallest absolute Gasteiger partial charge is 0.178 e. The quantitative estimate of drug-likeness (QED) is 0.664. The zero-order chi connectivity index (χ0) is 12.4. The fourth-order valence-corrected chi connectivity index (χ4v) is 2.34. The first-order chi connectivity index (χ1) is 8.08. The summed E-state index contributed by atoms with van der Waals surface area (Å²) in [5.41, 5.74) is 7.81. The van der Waals surface area contributed by atoms with E-state index in [1.807, 2.05) is 6.92 Å². The number of likely N-dealkylation sites (tertiary alicyclic amines) is 1. The number of nitrogens with two attached hydrogens (primary N) is 1. The standard InChI is InChI=1S/C13H17ClN2O/c1-9-6-10(12(15)7-11(9)14)13(17)8-16-4-2-3-5-16/h6-7H,2-5,8,15H2,1H3. The zero-order valence-corrected chi connectivity index (χ0v) is 10.8. The molecule has 0 radical (unpaired) electrons. The first kappa shape index (κ1) is 12.4. The van der Waals surface area contributed by atoms with Crippen LogP contribution >= 0.6 is 11.6 Å². The highest BCUT2D eigenvalue weighted by Crippen LogP contribution is 2.23. The Hall–Kier alpha value is -1.06. The van der Waals surface area contributed by atoms with E-state index in [1.165, 1.54) is 12.8 Å². The number of anilines is 1. The average Bonchev–Trinajstić information content (AvgIpc) is 2.76. The van der Waals surface area contributed by atoms with Crippen molar-refractivity contribution in [2.24, 2.45) is 0 Å². The van der Waals surface area contributed by atoms with Crippen LogP contribution in [-0.4, -0.2) is 30.3 Å². The minimum Gasteiger partial charge on any atom is -0.398 e. The fraction of sp³-hybridized carbons (Fsp3) is 0.462. The van der Waals surface area contributed by atoms with Gasteiger partial charge in [-0.1, -0.05) is 11.6 Å². The Balaban J connectivity index is 2.15. The molecule has 92 valence electrons. The van der Waals surface area contributed by atoms with Crippen molar-refractivity contribution in [3.05, 3.63) is 28.3 Å². The third kappa shape index (κ3) is 2.79. The predicted molar refractivity (Wildman–Crippen MR) is 70.6 cm³/mol. The van der Waals surface area contributed by atoms with Crippen molar-refractivity contribution in [2.45, 2.75) is 19.8 Å². The maximum Gasteiger partial charge on any atom is 0.178 e. The number of halogens is 1. The molecular formula is C13H17ClN2O. The molecule has 0 saturated carbocycles. The summed E-state index contributed by atoms with van der Waals surface area (Å²) < 4.78 is 0. The molecule has 1 saturated heterocycles. The van der Waals surface area contributed by atoms with Gasteiger partial charge in [-0.05, 0) is 50.6 Å². The summed E-state index contributed by atoms with van der Waals surface area (Å²) in [5.74, 6) is 0.0872. The number of nitrogen functional groups attached to an aromatic ring is 1. The van der Waals surface area contributed by atoms with Gasteiger partial charge in [0.1, 0.15) is 0 Å². The van der Waals surface area contributed by atoms with Crippen LogP contribution in [0.15, 0.2) is 12.1 Å². The van der Waals surface area contributed by atoms with Gasteiger partial charge in [-0.2, -0.15) is 0 Å². The minimum atomic E-state index is 0.0872. The van der Waals surface area contributed by atoms with Gasteiger partial charge in [-0.25, -0.2) is 0 Å². The summed E-state index contributed by atoms with van der Waals surface area (Å²) in [7, 11) is 0. The molecule has 0 unspecified atom stereocenters. The van der Waals surface area contributed by atoms with Gasteiger partial charge >= 0.3 is 0 Å². The van der Waals surface area contributed by atoms with Gasteiger partial charge in [0.05, 0.1) is 6.54 Å². The lowest BCUT2D eigenvalue weighted by molar-refractivity contribution is 0.0946. The van der Waals surface area contributed by atoms with Crippen LogP contribution in [0.4, 0.5) is 5.69 Å². The van der Waals surface area contributed by atoms with Crippen LogP contribution in [0.5, 0.6) is 0 Å². The van der Waals surface area contributed by atoms with Gasteiger partial charge in [0, 0.05) is 16.3 Å². The summed E-state index contributed by atoms with van der Waals surface area (Å²) in [4.78, 5) is 14.3. The molecule has 0 amide bonds. The molecule has 1 fully saturated rings. The zero-order valence-electron chi connectivity index (χ0n) is 10.0. The maximum absolute atomic E-state index is 12.1. The van der Waals surface area contributed by atoms with Gasteiger partial charge in [-0.15, -0.1) is 0 Å². The second kappa shape index (κ2) is 5.07. The normalized spacial score (nSPS) is 16.4. The monoisotopic (exact) mass is 252 g/mol. The Morgan fingerprint density at radius 3 is 2.71 bits per heavy atom. The maximum atomic E-state index is 12.1. The van der Waals surface area contributed by atoms with E-state index in [1.54, 1.807) is 12.1 Å². The van der Waals surface area contributed by atoms with E-state index in [2.05, 4.69) is 4.90 Å². The van der Waals surface area contributed by atoms with Crippen LogP contribution in [0.2, 0.25) is 5.02 Å². The number of hydrogen-bond acceptors (Lipinski definition) is 3. The number of benzene rings is 1. The van der Waals surface area contributed by atoms with Crippen molar-refractivity contribution in [3.8, 4) is 0 Å². The molecule has 3 nitrogen and oxygen atoms in total. The Morgan fingerprint density at radius 1 is 1.41 bits per heavy atom. The molecule has 1 aromatic rings. The predicted octanol–water partition coefficient (Wildman–Crippen LogP) is 2.51. The van der Waals surface area contributed by atoms with E-state index in [9.17, 15) is 4.79 Å². The van der Waals surface area contributed by atoms with Crippen LogP contribution in [0, 0.1) is 6.92 Å². The van der Waals surface area contributed by atoms with Crippen molar-refractivity contribution in [1.29, 1.82) is 0 Å². The van der Waals surface area contributed by atoms with E-state index in [-0.39, 0.29) is 5.78 Å². The Labute approximate surface area is 107 Å². The number of rotatable bonds is 3. The van der Waals surface area contributed by atoms with Gasteiger partial charge < -0.3 is 5.73 Å². The van der Waals surface area contributed by atoms with Crippen molar-refractivity contribution in [1.82, 2.24) is 4.90 Å². The van der Waals surface area contributed by atoms with Gasteiger partial charge in [-0.3, -0.25) is 9.69 Å². The first-order valence-electron chi connectivity index (χ1n) is 5.89. The summed E-state index contributed by atoms with van der Waals surface area (Å²) >= 11 is 5.96. The van der Waals surface area contributed by atoms with Crippen molar-refractivity contribution < 1.29 is 4.79 Å². The number of nitrogens with zero attached hydrogens (tertiary/aromatic N) is 1. The van der Waals surface area contributed by atoms with Crippen LogP contribution in [-0.2, 0) is 0 Å². The molecule has 0 bridgehead atoms. The summed E-state index contributed by atoms with van der Waals surface area (Å²) in [6.45, 7) is 4.37. The lowest BCUT2D eigenvalue weighted by Crippen LogP contribution is -2.27. The summed E-state index contributed by atoms with van der Waals surface area (Å²) in [5, 5.41) is 0.611. The average molecular weight is 253 g/mol. The third-order valence-corrected chi connectivity index (χ3v) is 3.60. The Morgan fingerprint density at radius 2 is 2.06 bits per heavy atom. The first-order valence-corrected chi connectivity index (χ1v) is 6.27. The second-order valence-electron chi connectivity index (χ2n) is 4.60. The van der Waals surface area contributed by atoms with Crippen LogP contribution in [0.1, 0.15) is 28.8 Å². The van der Waals surface area contributed by atoms with E-state index >= 15 is 0 Å². The summed E-state index contributed by atoms with van der Waals surface area (Å²) in [6, 6.07) is 3.45. The third-order valence-electron chi connectivity index (χ3n) is 3.20. The molecule has 2 N–H and O–H groups in total. The molecule has 0 aromatic heterocycles. The molecule has 1 heterocycles. The number of Topliss-reactive ketones (excluding diaryl/α,β-unsaturated/α-hetero) is 1. The fourth-order valence-electron chi connectivity index (χ4n) is 2.17. The summed E-state index contributed by atoms with van der Waals surface area (Å²) in [6.07, 6.45) is 2.37. The van der Waals surface area contributed by atoms with Crippen molar-refractivity contribution in [3.63, 3.8) is 0 Å². The molecule has 17 heavy (non-hydrogen) atoms. The molecule has 0 atom stereocenters. The van der Waals surface area contributed by atoms with Gasteiger partial charge in [0.25, 0.3) is 0 Å². The molecule has 0 aliphatic carbocycles. The van der Waals surface area contributed by atoms with E-state index in [0.29, 0.717) is 22.8 Å². The van der Waals surface area contributed by atoms with Gasteiger partial charge in [0.2, 0.25) is 0 Å². The molecule has 1 aliphatic heterocycles. The highest BCUT2D eigenvalue weighted by molar-refractivity contribution is 6.31. The Bertz CT molecular complexity index is 439. The topological polar surface area (TPSA) is 46.3 Å². The molecule has 1 aliphatic rings. The largest absolute Gasteiger partial charge is 0.398 e. The Kier molecular flexibility index (Phi) is 3.69. The van der Waals surface area contributed by atoms with Crippen LogP contribution in [0.25, 0.3) is 0 Å². The van der Waals surface area contributed by atoms with Gasteiger partial charge in [0.15, 0.2) is 5.78 Å². The van der Waals surface area contributed by atoms with Crippen LogP contribution < -0.4 is 5.73 Å². The SMILES string of the molecule is Cc1cc(C(=O)CN2CCCC2)c(N)cc1Cl. The minimum absolute atomic E-state index is 0.0872. The van der Waals surface area contributed by atoms with E-state index in [0.717, 1.165) is 18.7 Å². The molecule has 2 rings (SSSR count). The van der Waals surface area contributed by atoms with E-state index in [4.69, 9.17) is 17.3 Å².